The molecule has 1 aliphatic heterocycles. The molecule has 0 unspecified atom stereocenters. The van der Waals surface area contributed by atoms with Gasteiger partial charge in [-0.1, -0.05) is 0 Å². The molecule has 1 aromatic rings. The molecule has 0 bridgehead atoms. The molecule has 2 heterocycles. The lowest BCUT2D eigenvalue weighted by Gasteiger charge is -2.45. The van der Waals surface area contributed by atoms with Gasteiger partial charge in [0.25, 0.3) is 12.3 Å². The Morgan fingerprint density at radius 2 is 2.29 bits per heavy atom. The predicted octanol–water partition coefficient (Wildman–Crippen LogP) is 1.21. The maximum absolute atomic E-state index is 12.4. The lowest BCUT2D eigenvalue weighted by molar-refractivity contribution is -0.166. The number of nitrogens with zero attached hydrogens (tertiary/aromatic N) is 1. The molecule has 0 aliphatic carbocycles. The SMILES string of the molecule is COc1csc(C(=O)N2CC(O)(C(F)F)C2)c1. The summed E-state index contributed by atoms with van der Waals surface area (Å²) in [5.41, 5.74) is -2.04. The molecule has 1 amide bonds. The molecule has 1 fully saturated rings. The van der Waals surface area contributed by atoms with E-state index in [4.69, 9.17) is 4.74 Å². The lowest BCUT2D eigenvalue weighted by Crippen LogP contribution is -2.66. The number of ether oxygens (including phenoxy) is 1. The number of likely N-dealkylation sites (tertiary alicyclic amines) is 1. The van der Waals surface area contributed by atoms with Crippen LogP contribution in [0.5, 0.6) is 5.75 Å². The van der Waals surface area contributed by atoms with Crippen molar-refractivity contribution in [3.8, 4) is 5.75 Å². The largest absolute Gasteiger partial charge is 0.496 e. The number of methoxy groups -OCH3 is 1. The second-order valence-corrected chi connectivity index (χ2v) is 4.83. The number of carbonyl (C=O) groups is 1. The van der Waals surface area contributed by atoms with E-state index in [1.54, 1.807) is 11.4 Å². The first-order valence-electron chi connectivity index (χ1n) is 4.88. The van der Waals surface area contributed by atoms with Crippen LogP contribution in [0.1, 0.15) is 9.67 Å². The molecule has 1 N–H and O–H groups in total. The molecule has 7 heteroatoms. The molecule has 1 saturated heterocycles. The standard InChI is InChI=1S/C10H11F2NO3S/c1-16-6-2-7(17-3-6)8(14)13-4-10(15,5-13)9(11)12/h2-3,9,15H,4-5H2,1H3. The normalized spacial score (nSPS) is 18.1. The van der Waals surface area contributed by atoms with Gasteiger partial charge in [0, 0.05) is 11.4 Å². The number of alkyl halides is 2. The maximum atomic E-state index is 12.4. The zero-order chi connectivity index (χ0) is 12.6. The first kappa shape index (κ1) is 12.3. The van der Waals surface area contributed by atoms with Gasteiger partial charge in [0.15, 0.2) is 5.60 Å². The van der Waals surface area contributed by atoms with Crippen molar-refractivity contribution in [2.75, 3.05) is 20.2 Å². The Labute approximate surface area is 100 Å². The number of hydrogen-bond acceptors (Lipinski definition) is 4. The van der Waals surface area contributed by atoms with Gasteiger partial charge in [0.2, 0.25) is 0 Å². The van der Waals surface area contributed by atoms with Crippen molar-refractivity contribution in [2.45, 2.75) is 12.0 Å². The Bertz CT molecular complexity index is 429. The van der Waals surface area contributed by atoms with Gasteiger partial charge in [-0.3, -0.25) is 4.79 Å². The van der Waals surface area contributed by atoms with E-state index in [-0.39, 0.29) is 19.0 Å². The fourth-order valence-electron chi connectivity index (χ4n) is 1.59. The van der Waals surface area contributed by atoms with E-state index in [0.29, 0.717) is 10.6 Å². The smallest absolute Gasteiger partial charge is 0.270 e. The Kier molecular flexibility index (Phi) is 3.05. The maximum Gasteiger partial charge on any atom is 0.270 e. The molecule has 1 aliphatic rings. The number of thiophene rings is 1. The second-order valence-electron chi connectivity index (χ2n) is 3.92. The molecule has 0 radical (unpaired) electrons. The van der Waals surface area contributed by atoms with Crippen LogP contribution in [0.25, 0.3) is 0 Å². The molecule has 0 aromatic carbocycles. The monoisotopic (exact) mass is 263 g/mol. The number of halogens is 2. The zero-order valence-corrected chi connectivity index (χ0v) is 9.84. The van der Waals surface area contributed by atoms with Crippen molar-refractivity contribution < 1.29 is 23.4 Å². The summed E-state index contributed by atoms with van der Waals surface area (Å²) in [4.78, 5) is 13.4. The van der Waals surface area contributed by atoms with Crippen LogP contribution in [-0.2, 0) is 0 Å². The lowest BCUT2D eigenvalue weighted by atomic mass is 9.94. The van der Waals surface area contributed by atoms with Crippen molar-refractivity contribution in [2.24, 2.45) is 0 Å². The van der Waals surface area contributed by atoms with Crippen LogP contribution in [0.3, 0.4) is 0 Å². The highest BCUT2D eigenvalue weighted by Gasteiger charge is 2.51. The highest BCUT2D eigenvalue weighted by atomic mass is 32.1. The van der Waals surface area contributed by atoms with Crippen molar-refractivity contribution in [3.05, 3.63) is 16.3 Å². The van der Waals surface area contributed by atoms with Gasteiger partial charge < -0.3 is 14.7 Å². The van der Waals surface area contributed by atoms with Crippen molar-refractivity contribution >= 4 is 17.2 Å². The summed E-state index contributed by atoms with van der Waals surface area (Å²) in [6.07, 6.45) is -2.83. The highest BCUT2D eigenvalue weighted by molar-refractivity contribution is 7.12. The minimum absolute atomic E-state index is 0.330. The third-order valence-corrected chi connectivity index (χ3v) is 3.54. The summed E-state index contributed by atoms with van der Waals surface area (Å²) < 4.78 is 29.6. The topological polar surface area (TPSA) is 49.8 Å². The Balaban J connectivity index is 2.00. The van der Waals surface area contributed by atoms with Crippen LogP contribution >= 0.6 is 11.3 Å². The van der Waals surface area contributed by atoms with E-state index in [2.05, 4.69) is 0 Å². The molecule has 94 valence electrons. The van der Waals surface area contributed by atoms with Gasteiger partial charge >= 0.3 is 0 Å². The third-order valence-electron chi connectivity index (χ3n) is 2.64. The fourth-order valence-corrected chi connectivity index (χ4v) is 2.41. The number of β-amino-alcohol motifs (C(OH)–C–C–N with tert-alkyl or cyclic N) is 1. The molecule has 0 spiro atoms. The van der Waals surface area contributed by atoms with Crippen LogP contribution in [0.2, 0.25) is 0 Å². The van der Waals surface area contributed by atoms with Gasteiger partial charge in [-0.15, -0.1) is 11.3 Å². The van der Waals surface area contributed by atoms with E-state index in [1.165, 1.54) is 23.3 Å². The van der Waals surface area contributed by atoms with Crippen molar-refractivity contribution in [1.82, 2.24) is 4.90 Å². The number of amides is 1. The molecular formula is C10H11F2NO3S. The average molecular weight is 263 g/mol. The highest BCUT2D eigenvalue weighted by Crippen LogP contribution is 2.31. The van der Waals surface area contributed by atoms with E-state index in [0.717, 1.165) is 0 Å². The summed E-state index contributed by atoms with van der Waals surface area (Å²) in [6, 6.07) is 1.55. The van der Waals surface area contributed by atoms with Crippen LogP contribution < -0.4 is 4.74 Å². The summed E-state index contributed by atoms with van der Waals surface area (Å²) in [6.45, 7) is -0.659. The first-order chi connectivity index (χ1) is 7.96. The minimum Gasteiger partial charge on any atom is -0.496 e. The van der Waals surface area contributed by atoms with Crippen molar-refractivity contribution in [1.29, 1.82) is 0 Å². The summed E-state index contributed by atoms with van der Waals surface area (Å²) in [7, 11) is 1.48. The third kappa shape index (κ3) is 2.12. The number of aliphatic hydroxyl groups is 1. The summed E-state index contributed by atoms with van der Waals surface area (Å²) >= 11 is 1.18. The van der Waals surface area contributed by atoms with Crippen molar-refractivity contribution in [3.63, 3.8) is 0 Å². The van der Waals surface area contributed by atoms with Gasteiger partial charge in [0.05, 0.1) is 25.1 Å². The average Bonchev–Trinajstić information content (AvgIpc) is 2.71. The van der Waals surface area contributed by atoms with Gasteiger partial charge in [0.1, 0.15) is 5.75 Å². The van der Waals surface area contributed by atoms with Gasteiger partial charge in [-0.25, -0.2) is 8.78 Å². The molecule has 0 atom stereocenters. The predicted molar refractivity (Wildman–Crippen MR) is 57.7 cm³/mol. The van der Waals surface area contributed by atoms with Crippen LogP contribution in [0.15, 0.2) is 11.4 Å². The van der Waals surface area contributed by atoms with E-state index in [1.807, 2.05) is 0 Å². The Hall–Kier alpha value is -1.21. The molecule has 2 rings (SSSR count). The zero-order valence-electron chi connectivity index (χ0n) is 9.02. The van der Waals surface area contributed by atoms with Gasteiger partial charge in [-0.2, -0.15) is 0 Å². The summed E-state index contributed by atoms with van der Waals surface area (Å²) in [5.74, 6) is 0.201. The van der Waals surface area contributed by atoms with E-state index >= 15 is 0 Å². The molecule has 17 heavy (non-hydrogen) atoms. The quantitative estimate of drug-likeness (QED) is 0.891. The van der Waals surface area contributed by atoms with Crippen LogP contribution in [-0.4, -0.2) is 48.1 Å². The number of hydrogen-bond donors (Lipinski definition) is 1. The molecular weight excluding hydrogens is 252 g/mol. The second kappa shape index (κ2) is 4.23. The van der Waals surface area contributed by atoms with Gasteiger partial charge in [-0.05, 0) is 0 Å². The van der Waals surface area contributed by atoms with E-state index in [9.17, 15) is 18.7 Å². The molecule has 1 aromatic heterocycles. The van der Waals surface area contributed by atoms with Crippen LogP contribution in [0.4, 0.5) is 8.78 Å². The first-order valence-corrected chi connectivity index (χ1v) is 5.76. The number of carbonyl (C=O) groups excluding carboxylic acids is 1. The number of rotatable bonds is 3. The Morgan fingerprint density at radius 3 is 2.76 bits per heavy atom. The fraction of sp³-hybridized carbons (Fsp3) is 0.500. The molecule has 0 saturated carbocycles. The molecule has 4 nitrogen and oxygen atoms in total. The van der Waals surface area contributed by atoms with E-state index < -0.39 is 12.0 Å². The summed E-state index contributed by atoms with van der Waals surface area (Å²) in [5, 5.41) is 11.0. The Morgan fingerprint density at radius 1 is 1.65 bits per heavy atom. The van der Waals surface area contributed by atoms with Crippen LogP contribution in [0, 0.1) is 0 Å². The minimum atomic E-state index is -2.83.